The second-order valence-electron chi connectivity index (χ2n) is 5.83. The number of nitrogens with two attached hydrogens (primary N) is 1. The molecule has 148 valence electrons. The largest absolute Gasteiger partial charge is 0.481 e. The molecule has 1 aromatic carbocycles. The normalized spacial score (nSPS) is 11.2. The number of carbonyl (C=O) groups excluding carboxylic acids is 1. The van der Waals surface area contributed by atoms with Crippen LogP contribution < -0.4 is 16.6 Å². The summed E-state index contributed by atoms with van der Waals surface area (Å²) in [6.07, 6.45) is 0. The molecule has 0 aliphatic carbocycles. The Labute approximate surface area is 161 Å². The van der Waals surface area contributed by atoms with E-state index in [9.17, 15) is 14.5 Å². The van der Waals surface area contributed by atoms with Gasteiger partial charge in [-0.05, 0) is 12.0 Å². The number of rotatable bonds is 10. The Kier molecular flexibility index (Phi) is 9.23. The standard InChI is InChI=1S/C16H23N5O5S/c1-10(2)7-18-16(24)12-4-11(5-13(6-12)21(25)26-3)15(20-17)19-9-27-8-14(22)23/h4-6,10H,7-9,17H2,1-3H3,(H2-,18,19,20,22,23,24)/p+1. The average Bonchev–Trinajstić information content (AvgIpc) is 2.64. The van der Waals surface area contributed by atoms with E-state index in [1.165, 1.54) is 25.3 Å². The van der Waals surface area contributed by atoms with Crippen LogP contribution >= 0.6 is 11.8 Å². The van der Waals surface area contributed by atoms with E-state index in [4.69, 9.17) is 10.9 Å². The molecule has 1 amide bonds. The van der Waals surface area contributed by atoms with Crippen molar-refractivity contribution < 1.29 is 24.5 Å². The van der Waals surface area contributed by atoms with Crippen molar-refractivity contribution in [1.82, 2.24) is 10.7 Å². The van der Waals surface area contributed by atoms with Gasteiger partial charge in [-0.25, -0.2) is 10.7 Å². The molecule has 0 spiro atoms. The molecule has 0 fully saturated rings. The summed E-state index contributed by atoms with van der Waals surface area (Å²) in [4.78, 5) is 43.9. The van der Waals surface area contributed by atoms with Crippen LogP contribution in [0.3, 0.4) is 0 Å². The van der Waals surface area contributed by atoms with Crippen LogP contribution in [-0.2, 0) is 9.63 Å². The lowest BCUT2D eigenvalue weighted by Crippen LogP contribution is -2.32. The first-order chi connectivity index (χ1) is 12.8. The van der Waals surface area contributed by atoms with Crippen LogP contribution in [0.1, 0.15) is 29.8 Å². The van der Waals surface area contributed by atoms with Gasteiger partial charge >= 0.3 is 11.7 Å². The number of aliphatic imine (C=N–C) groups is 1. The zero-order valence-electron chi connectivity index (χ0n) is 15.4. The van der Waals surface area contributed by atoms with Crippen molar-refractivity contribution in [3.05, 3.63) is 34.2 Å². The summed E-state index contributed by atoms with van der Waals surface area (Å²) in [5, 5.41) is 11.4. The maximum absolute atomic E-state index is 12.4. The lowest BCUT2D eigenvalue weighted by atomic mass is 10.1. The van der Waals surface area contributed by atoms with E-state index in [1.54, 1.807) is 0 Å². The topological polar surface area (TPSA) is 146 Å². The van der Waals surface area contributed by atoms with Gasteiger partial charge in [-0.3, -0.25) is 14.6 Å². The predicted octanol–water partition coefficient (Wildman–Crippen LogP) is 1.03. The molecular formula is C16H24N5O5S+. The Morgan fingerprint density at radius 2 is 2.00 bits per heavy atom. The third kappa shape index (κ3) is 7.62. The molecule has 0 heterocycles. The molecular weight excluding hydrogens is 374 g/mol. The van der Waals surface area contributed by atoms with Gasteiger partial charge < -0.3 is 15.8 Å². The fourth-order valence-electron chi connectivity index (χ4n) is 1.95. The summed E-state index contributed by atoms with van der Waals surface area (Å²) in [5.41, 5.74) is 3.12. The molecule has 0 aliphatic rings. The first-order valence-electron chi connectivity index (χ1n) is 8.04. The predicted molar refractivity (Wildman–Crippen MR) is 103 cm³/mol. The third-order valence-corrected chi connectivity index (χ3v) is 3.94. The lowest BCUT2D eigenvalue weighted by Gasteiger charge is -2.10. The van der Waals surface area contributed by atoms with Crippen molar-refractivity contribution in [1.29, 1.82) is 0 Å². The van der Waals surface area contributed by atoms with Crippen molar-refractivity contribution >= 4 is 35.2 Å². The van der Waals surface area contributed by atoms with Gasteiger partial charge in [0.05, 0.1) is 16.5 Å². The second kappa shape index (κ2) is 11.1. The maximum atomic E-state index is 12.4. The molecule has 1 rings (SSSR count). The Morgan fingerprint density at radius 1 is 1.33 bits per heavy atom. The molecule has 27 heavy (non-hydrogen) atoms. The summed E-state index contributed by atoms with van der Waals surface area (Å²) in [6.45, 7) is 4.40. The highest BCUT2D eigenvalue weighted by Gasteiger charge is 2.21. The van der Waals surface area contributed by atoms with Crippen LogP contribution in [0.5, 0.6) is 0 Å². The van der Waals surface area contributed by atoms with Crippen molar-refractivity contribution in [3.8, 4) is 0 Å². The number of thioether (sulfide) groups is 1. The minimum atomic E-state index is -0.953. The summed E-state index contributed by atoms with van der Waals surface area (Å²) >= 11 is 1.08. The highest BCUT2D eigenvalue weighted by Crippen LogP contribution is 2.19. The van der Waals surface area contributed by atoms with Crippen molar-refractivity contribution in [3.63, 3.8) is 0 Å². The Bertz CT molecular complexity index is 723. The summed E-state index contributed by atoms with van der Waals surface area (Å²) in [5.74, 6) is 4.69. The molecule has 0 atom stereocenters. The van der Waals surface area contributed by atoms with Crippen LogP contribution in [0.25, 0.3) is 0 Å². The molecule has 0 bridgehead atoms. The van der Waals surface area contributed by atoms with Crippen LogP contribution in [0.15, 0.2) is 23.2 Å². The molecule has 0 radical (unpaired) electrons. The fraction of sp³-hybridized carbons (Fsp3) is 0.438. The molecule has 0 aromatic heterocycles. The van der Waals surface area contributed by atoms with Gasteiger partial charge in [0.2, 0.25) is 0 Å². The van der Waals surface area contributed by atoms with E-state index >= 15 is 0 Å². The number of carboxylic acids is 1. The van der Waals surface area contributed by atoms with E-state index < -0.39 is 5.97 Å². The minimum Gasteiger partial charge on any atom is -0.481 e. The molecule has 10 nitrogen and oxygen atoms in total. The molecule has 0 saturated carbocycles. The Morgan fingerprint density at radius 3 is 2.56 bits per heavy atom. The highest BCUT2D eigenvalue weighted by atomic mass is 32.2. The number of carbonyl (C=O) groups is 2. The van der Waals surface area contributed by atoms with E-state index in [-0.39, 0.29) is 45.5 Å². The number of amides is 1. The van der Waals surface area contributed by atoms with Crippen molar-refractivity contribution in [2.45, 2.75) is 13.8 Å². The summed E-state index contributed by atoms with van der Waals surface area (Å²) in [7, 11) is 1.21. The van der Waals surface area contributed by atoms with Gasteiger partial charge in [0.15, 0.2) is 7.11 Å². The molecule has 0 saturated heterocycles. The maximum Gasteiger partial charge on any atom is 0.318 e. The van der Waals surface area contributed by atoms with E-state index in [0.29, 0.717) is 12.1 Å². The third-order valence-electron chi connectivity index (χ3n) is 3.18. The molecule has 1 aromatic rings. The average molecular weight is 398 g/mol. The van der Waals surface area contributed by atoms with Gasteiger partial charge in [-0.2, -0.15) is 0 Å². The Balaban J connectivity index is 3.16. The Hall–Kier alpha value is -2.66. The fourth-order valence-corrected chi connectivity index (χ4v) is 2.44. The van der Waals surface area contributed by atoms with E-state index in [0.717, 1.165) is 11.8 Å². The van der Waals surface area contributed by atoms with Gasteiger partial charge in [0, 0.05) is 29.8 Å². The molecule has 5 N–H and O–H groups in total. The van der Waals surface area contributed by atoms with Crippen molar-refractivity contribution in [2.75, 3.05) is 25.3 Å². The van der Waals surface area contributed by atoms with Crippen LogP contribution in [-0.4, -0.2) is 53.0 Å². The number of nitrogens with zero attached hydrogens (tertiary/aromatic N) is 2. The summed E-state index contributed by atoms with van der Waals surface area (Å²) < 4.78 is 0. The van der Waals surface area contributed by atoms with Crippen molar-refractivity contribution in [2.24, 2.45) is 16.8 Å². The molecule has 0 aliphatic heterocycles. The minimum absolute atomic E-state index is 0.0887. The van der Waals surface area contributed by atoms with E-state index in [2.05, 4.69) is 20.6 Å². The number of carboxylic acid groups (broad SMARTS) is 1. The number of hydrogen-bond acceptors (Lipinski definition) is 7. The number of aliphatic carboxylic acids is 1. The molecule has 11 heteroatoms. The molecule has 0 unspecified atom stereocenters. The zero-order valence-corrected chi connectivity index (χ0v) is 16.2. The first kappa shape index (κ1) is 22.4. The monoisotopic (exact) mass is 398 g/mol. The quantitative estimate of drug-likeness (QED) is 0.150. The van der Waals surface area contributed by atoms with Crippen LogP contribution in [0.4, 0.5) is 5.69 Å². The zero-order chi connectivity index (χ0) is 20.4. The van der Waals surface area contributed by atoms with E-state index in [1.807, 2.05) is 13.8 Å². The van der Waals surface area contributed by atoms with Crippen LogP contribution in [0.2, 0.25) is 0 Å². The highest BCUT2D eigenvalue weighted by molar-refractivity contribution is 7.99. The van der Waals surface area contributed by atoms with Gasteiger partial charge in [-0.1, -0.05) is 13.8 Å². The number of hydrogen-bond donors (Lipinski definition) is 4. The van der Waals surface area contributed by atoms with Gasteiger partial charge in [-0.15, -0.1) is 11.8 Å². The van der Waals surface area contributed by atoms with Gasteiger partial charge in [0.25, 0.3) is 10.8 Å². The lowest BCUT2D eigenvalue weighted by molar-refractivity contribution is -0.736. The SMILES string of the molecule is CO[N+](=O)c1cc(C(=O)NCC(C)C)cc(C(=NCSCC(=O)O)NN)c1. The summed E-state index contributed by atoms with van der Waals surface area (Å²) in [6, 6.07) is 4.38. The first-order valence-corrected chi connectivity index (χ1v) is 9.19. The smallest absolute Gasteiger partial charge is 0.318 e. The number of hydrazine groups is 1. The number of nitrogens with one attached hydrogen (secondary N) is 2. The van der Waals surface area contributed by atoms with Crippen LogP contribution in [0, 0.1) is 10.8 Å². The second-order valence-corrected chi connectivity index (χ2v) is 6.79. The number of amidine groups is 1. The van der Waals surface area contributed by atoms with Gasteiger partial charge in [0.1, 0.15) is 5.84 Å². The number of benzene rings is 1.